The topological polar surface area (TPSA) is 73.0 Å². The van der Waals surface area contributed by atoms with Gasteiger partial charge in [-0.3, -0.25) is 0 Å². The number of aliphatic hydroxyl groups is 1. The number of benzene rings is 1. The first-order chi connectivity index (χ1) is 10.6. The lowest BCUT2D eigenvalue weighted by atomic mass is 10.0. The quantitative estimate of drug-likeness (QED) is 0.917. The lowest BCUT2D eigenvalue weighted by molar-refractivity contribution is 0.194. The summed E-state index contributed by atoms with van der Waals surface area (Å²) in [5.41, 5.74) is 0.745. The molecule has 1 N–H and O–H groups in total. The first-order valence-electron chi connectivity index (χ1n) is 6.70. The number of anilines is 1. The molecule has 1 saturated heterocycles. The number of nitriles is 1. The molecule has 0 unspecified atom stereocenters. The molecule has 1 aliphatic rings. The van der Waals surface area contributed by atoms with Gasteiger partial charge in [-0.2, -0.15) is 5.26 Å². The molecule has 2 aromatic rings. The van der Waals surface area contributed by atoms with Crippen molar-refractivity contribution in [3.8, 4) is 6.07 Å². The second kappa shape index (κ2) is 5.66. The molecule has 3 rings (SSSR count). The van der Waals surface area contributed by atoms with Crippen molar-refractivity contribution in [3.63, 3.8) is 0 Å². The van der Waals surface area contributed by atoms with E-state index in [9.17, 15) is 13.9 Å². The minimum Gasteiger partial charge on any atom is -0.391 e. The molecule has 112 valence electrons. The van der Waals surface area contributed by atoms with Crippen molar-refractivity contribution in [2.75, 3.05) is 11.4 Å². The average Bonchev–Trinajstić information content (AvgIpc) is 2.92. The molecule has 7 heteroatoms. The summed E-state index contributed by atoms with van der Waals surface area (Å²) in [6.45, 7) is 0.310. The van der Waals surface area contributed by atoms with Gasteiger partial charge in [-0.1, -0.05) is 6.07 Å². The van der Waals surface area contributed by atoms with Crippen LogP contribution in [0.1, 0.15) is 23.7 Å². The van der Waals surface area contributed by atoms with Crippen molar-refractivity contribution in [1.82, 2.24) is 9.97 Å². The minimum atomic E-state index is -0.926. The summed E-state index contributed by atoms with van der Waals surface area (Å²) in [5.74, 6) is -1.36. The van der Waals surface area contributed by atoms with Crippen molar-refractivity contribution < 1.29 is 13.9 Å². The number of hydrogen-bond donors (Lipinski definition) is 1. The molecule has 1 aliphatic heterocycles. The smallest absolute Gasteiger partial charge is 0.159 e. The van der Waals surface area contributed by atoms with E-state index in [1.54, 1.807) is 4.90 Å². The SMILES string of the molecule is N#Cc1cnc(N2C[C@@H](O)C[C@@H]2c2ccc(F)c(F)c2)cn1. The van der Waals surface area contributed by atoms with Crippen LogP contribution in [0.15, 0.2) is 30.6 Å². The minimum absolute atomic E-state index is 0.188. The zero-order chi connectivity index (χ0) is 15.7. The third-order valence-corrected chi connectivity index (χ3v) is 3.65. The Morgan fingerprint density at radius 1 is 1.23 bits per heavy atom. The largest absolute Gasteiger partial charge is 0.391 e. The Balaban J connectivity index is 1.94. The third-order valence-electron chi connectivity index (χ3n) is 3.65. The van der Waals surface area contributed by atoms with Gasteiger partial charge in [-0.05, 0) is 24.1 Å². The number of β-amino-alcohol motifs (C(OH)–C–C–N with tert-alkyl or cyclic N) is 1. The lowest BCUT2D eigenvalue weighted by Crippen LogP contribution is -2.25. The number of hydrogen-bond acceptors (Lipinski definition) is 5. The summed E-state index contributed by atoms with van der Waals surface area (Å²) < 4.78 is 26.5. The van der Waals surface area contributed by atoms with Crippen LogP contribution in [-0.4, -0.2) is 27.7 Å². The molecule has 2 heterocycles. The monoisotopic (exact) mass is 302 g/mol. The Hall–Kier alpha value is -2.59. The van der Waals surface area contributed by atoms with Crippen molar-refractivity contribution in [2.24, 2.45) is 0 Å². The van der Waals surface area contributed by atoms with E-state index >= 15 is 0 Å². The highest BCUT2D eigenvalue weighted by atomic mass is 19.2. The van der Waals surface area contributed by atoms with Crippen LogP contribution in [0, 0.1) is 23.0 Å². The molecular formula is C15H12F2N4O. The van der Waals surface area contributed by atoms with E-state index in [1.165, 1.54) is 18.5 Å². The number of halogens is 2. The first-order valence-corrected chi connectivity index (χ1v) is 6.70. The highest BCUT2D eigenvalue weighted by Gasteiger charge is 2.33. The summed E-state index contributed by atoms with van der Waals surface area (Å²) in [5, 5.41) is 18.6. The molecule has 1 aromatic carbocycles. The molecule has 0 amide bonds. The van der Waals surface area contributed by atoms with Crippen LogP contribution in [0.5, 0.6) is 0 Å². The number of rotatable bonds is 2. The Morgan fingerprint density at radius 3 is 2.68 bits per heavy atom. The van der Waals surface area contributed by atoms with Crippen molar-refractivity contribution in [1.29, 1.82) is 5.26 Å². The van der Waals surface area contributed by atoms with Gasteiger partial charge < -0.3 is 10.0 Å². The van der Waals surface area contributed by atoms with Gasteiger partial charge in [0.1, 0.15) is 11.9 Å². The van der Waals surface area contributed by atoms with Crippen LogP contribution >= 0.6 is 0 Å². The van der Waals surface area contributed by atoms with E-state index in [0.717, 1.165) is 12.1 Å². The summed E-state index contributed by atoms with van der Waals surface area (Å²) >= 11 is 0. The number of aromatic nitrogens is 2. The van der Waals surface area contributed by atoms with Crippen molar-refractivity contribution >= 4 is 5.82 Å². The lowest BCUT2D eigenvalue weighted by Gasteiger charge is -2.25. The maximum absolute atomic E-state index is 13.4. The zero-order valence-electron chi connectivity index (χ0n) is 11.4. The highest BCUT2D eigenvalue weighted by molar-refractivity contribution is 5.44. The van der Waals surface area contributed by atoms with Crippen LogP contribution in [-0.2, 0) is 0 Å². The van der Waals surface area contributed by atoms with E-state index in [0.29, 0.717) is 24.3 Å². The predicted molar refractivity (Wildman–Crippen MR) is 73.8 cm³/mol. The summed E-state index contributed by atoms with van der Waals surface area (Å²) in [6.07, 6.45) is 2.55. The van der Waals surface area contributed by atoms with Crippen LogP contribution in [0.3, 0.4) is 0 Å². The van der Waals surface area contributed by atoms with Gasteiger partial charge in [0.15, 0.2) is 17.3 Å². The second-order valence-corrected chi connectivity index (χ2v) is 5.10. The van der Waals surface area contributed by atoms with Gasteiger partial charge in [0.05, 0.1) is 24.5 Å². The summed E-state index contributed by atoms with van der Waals surface area (Å²) in [7, 11) is 0. The molecule has 0 spiro atoms. The van der Waals surface area contributed by atoms with E-state index in [2.05, 4.69) is 9.97 Å². The van der Waals surface area contributed by atoms with Gasteiger partial charge >= 0.3 is 0 Å². The fourth-order valence-electron chi connectivity index (χ4n) is 2.63. The Morgan fingerprint density at radius 2 is 2.05 bits per heavy atom. The van der Waals surface area contributed by atoms with Gasteiger partial charge in [-0.15, -0.1) is 0 Å². The van der Waals surface area contributed by atoms with Gasteiger partial charge in [0.2, 0.25) is 0 Å². The van der Waals surface area contributed by atoms with E-state index in [-0.39, 0.29) is 11.7 Å². The fraction of sp³-hybridized carbons (Fsp3) is 0.267. The molecule has 0 radical (unpaired) electrons. The molecule has 1 aromatic heterocycles. The normalized spacial score (nSPS) is 20.9. The Labute approximate surface area is 125 Å². The molecule has 5 nitrogen and oxygen atoms in total. The molecular weight excluding hydrogens is 290 g/mol. The van der Waals surface area contributed by atoms with Crippen LogP contribution in [0.2, 0.25) is 0 Å². The number of nitrogens with zero attached hydrogens (tertiary/aromatic N) is 4. The van der Waals surface area contributed by atoms with Gasteiger partial charge in [0.25, 0.3) is 0 Å². The zero-order valence-corrected chi connectivity index (χ0v) is 11.4. The third kappa shape index (κ3) is 2.61. The van der Waals surface area contributed by atoms with Crippen molar-refractivity contribution in [3.05, 3.63) is 53.5 Å². The summed E-state index contributed by atoms with van der Waals surface area (Å²) in [6, 6.07) is 5.24. The summed E-state index contributed by atoms with van der Waals surface area (Å²) in [4.78, 5) is 9.86. The second-order valence-electron chi connectivity index (χ2n) is 5.10. The Bertz CT molecular complexity index is 729. The number of aliphatic hydroxyl groups excluding tert-OH is 1. The highest BCUT2D eigenvalue weighted by Crippen LogP contribution is 2.35. The van der Waals surface area contributed by atoms with Gasteiger partial charge in [-0.25, -0.2) is 18.7 Å². The molecule has 22 heavy (non-hydrogen) atoms. The average molecular weight is 302 g/mol. The maximum Gasteiger partial charge on any atom is 0.159 e. The molecule has 0 saturated carbocycles. The fourth-order valence-corrected chi connectivity index (χ4v) is 2.63. The maximum atomic E-state index is 13.4. The van der Waals surface area contributed by atoms with E-state index in [1.807, 2.05) is 6.07 Å². The molecule has 2 atom stereocenters. The molecule has 0 aliphatic carbocycles. The molecule has 0 bridgehead atoms. The first kappa shape index (κ1) is 14.4. The van der Waals surface area contributed by atoms with E-state index < -0.39 is 17.7 Å². The van der Waals surface area contributed by atoms with Crippen LogP contribution in [0.25, 0.3) is 0 Å². The predicted octanol–water partition coefficient (Wildman–Crippen LogP) is 1.94. The van der Waals surface area contributed by atoms with Crippen LogP contribution < -0.4 is 4.90 Å². The molecule has 1 fully saturated rings. The van der Waals surface area contributed by atoms with Gasteiger partial charge in [0, 0.05) is 6.54 Å². The standard InChI is InChI=1S/C15H12F2N4O/c16-12-2-1-9(3-13(12)17)14-4-11(22)8-21(14)15-7-19-10(5-18)6-20-15/h1-3,6-7,11,14,22H,4,8H2/t11-,14+/m0/s1. The Kier molecular flexibility index (Phi) is 3.69. The van der Waals surface area contributed by atoms with Crippen LogP contribution in [0.4, 0.5) is 14.6 Å². The van der Waals surface area contributed by atoms with Crippen molar-refractivity contribution in [2.45, 2.75) is 18.6 Å². The van der Waals surface area contributed by atoms with E-state index in [4.69, 9.17) is 5.26 Å².